The van der Waals surface area contributed by atoms with Gasteiger partial charge in [0.15, 0.2) is 0 Å². The molecule has 0 aliphatic carbocycles. The van der Waals surface area contributed by atoms with Crippen LogP contribution in [0.5, 0.6) is 0 Å². The Morgan fingerprint density at radius 2 is 2.10 bits per heavy atom. The third-order valence-electron chi connectivity index (χ3n) is 1.33. The standard InChI is InChI=1S/C6H12N2O.Cr/c1-2-7-8-3-5-9-6-4-8;/h7H,3-6H2,1H3;. The molecule has 0 amide bonds. The second-order valence-electron chi connectivity index (χ2n) is 2.27. The molecule has 0 aromatic rings. The summed E-state index contributed by atoms with van der Waals surface area (Å²) in [6, 6.07) is 0. The molecule has 0 spiro atoms. The van der Waals surface area contributed by atoms with Crippen molar-refractivity contribution in [1.29, 1.82) is 0 Å². The van der Waals surface area contributed by atoms with Crippen LogP contribution in [0.4, 0.5) is 0 Å². The number of morpholine rings is 1. The molecule has 1 rings (SSSR count). The molecule has 1 saturated heterocycles. The van der Waals surface area contributed by atoms with Crippen molar-refractivity contribution >= 4 is 4.50 Å². The van der Waals surface area contributed by atoms with E-state index in [0.717, 1.165) is 30.8 Å². The van der Waals surface area contributed by atoms with Crippen LogP contribution in [0.3, 0.4) is 0 Å². The molecule has 0 atom stereocenters. The van der Waals surface area contributed by atoms with Crippen LogP contribution in [0.2, 0.25) is 0 Å². The summed E-state index contributed by atoms with van der Waals surface area (Å²) >= 11 is 2.91. The molecule has 0 aromatic heterocycles. The van der Waals surface area contributed by atoms with Gasteiger partial charge in [-0.15, -0.1) is 0 Å². The molecule has 0 aromatic carbocycles. The SMILES string of the molecule is C[C](=[Cr])NN1CCOCC1. The number of hydrogen-bond acceptors (Lipinski definition) is 3. The predicted molar refractivity (Wildman–Crippen MR) is 36.2 cm³/mol. The number of ether oxygens (including phenoxy) is 1. The van der Waals surface area contributed by atoms with Crippen molar-refractivity contribution in [3.05, 3.63) is 0 Å². The van der Waals surface area contributed by atoms with Gasteiger partial charge in [0.25, 0.3) is 0 Å². The third-order valence-corrected chi connectivity index (χ3v) is 1.47. The Hall–Kier alpha value is 0.282. The molecule has 0 unspecified atom stereocenters. The van der Waals surface area contributed by atoms with E-state index in [2.05, 4.69) is 26.3 Å². The first kappa shape index (κ1) is 8.38. The summed E-state index contributed by atoms with van der Waals surface area (Å²) in [6.45, 7) is 5.62. The molecule has 0 saturated carbocycles. The summed E-state index contributed by atoms with van der Waals surface area (Å²) in [6.07, 6.45) is 0. The Morgan fingerprint density at radius 3 is 2.60 bits per heavy atom. The predicted octanol–water partition coefficient (Wildman–Crippen LogP) is -0.480. The minimum absolute atomic E-state index is 0.834. The van der Waals surface area contributed by atoms with Crippen molar-refractivity contribution in [3.63, 3.8) is 0 Å². The van der Waals surface area contributed by atoms with Crippen LogP contribution in [-0.4, -0.2) is 35.8 Å². The van der Waals surface area contributed by atoms with Crippen LogP contribution in [0.25, 0.3) is 0 Å². The average Bonchev–Trinajstić information content (AvgIpc) is 1.88. The summed E-state index contributed by atoms with van der Waals surface area (Å²) in [7, 11) is 0. The number of hydrogen-bond donors (Lipinski definition) is 1. The number of hydrazine groups is 1. The van der Waals surface area contributed by atoms with Crippen LogP contribution in [0.1, 0.15) is 6.92 Å². The molecular formula is C6H12CrN2O. The van der Waals surface area contributed by atoms with E-state index in [0.29, 0.717) is 0 Å². The van der Waals surface area contributed by atoms with Gasteiger partial charge in [0.1, 0.15) is 0 Å². The van der Waals surface area contributed by atoms with Crippen molar-refractivity contribution in [2.45, 2.75) is 6.92 Å². The van der Waals surface area contributed by atoms with Gasteiger partial charge in [0, 0.05) is 0 Å². The maximum absolute atomic E-state index is 5.18. The molecule has 10 heavy (non-hydrogen) atoms. The number of nitrogens with zero attached hydrogens (tertiary/aromatic N) is 1. The average molecular weight is 180 g/mol. The van der Waals surface area contributed by atoms with Crippen LogP contribution in [0, 0.1) is 0 Å². The van der Waals surface area contributed by atoms with Gasteiger partial charge in [-0.25, -0.2) is 0 Å². The summed E-state index contributed by atoms with van der Waals surface area (Å²) in [5, 5.41) is 2.15. The first-order chi connectivity index (χ1) is 4.79. The number of nitrogens with one attached hydrogen (secondary N) is 1. The Balaban J connectivity index is 2.19. The van der Waals surface area contributed by atoms with Gasteiger partial charge in [-0.3, -0.25) is 0 Å². The molecule has 1 aliphatic rings. The van der Waals surface area contributed by atoms with Gasteiger partial charge in [0.2, 0.25) is 0 Å². The van der Waals surface area contributed by atoms with E-state index in [-0.39, 0.29) is 0 Å². The Morgan fingerprint density at radius 1 is 1.50 bits per heavy atom. The van der Waals surface area contributed by atoms with Crippen LogP contribution >= 0.6 is 0 Å². The van der Waals surface area contributed by atoms with Crippen molar-refractivity contribution < 1.29 is 20.6 Å². The fourth-order valence-electron chi connectivity index (χ4n) is 0.898. The fraction of sp³-hybridized carbons (Fsp3) is 0.833. The van der Waals surface area contributed by atoms with E-state index in [1.807, 2.05) is 6.92 Å². The van der Waals surface area contributed by atoms with Crippen LogP contribution < -0.4 is 5.43 Å². The topological polar surface area (TPSA) is 24.5 Å². The van der Waals surface area contributed by atoms with Gasteiger partial charge in [-0.05, 0) is 0 Å². The van der Waals surface area contributed by atoms with E-state index in [9.17, 15) is 0 Å². The Kier molecular flexibility index (Phi) is 3.54. The third kappa shape index (κ3) is 2.91. The zero-order chi connectivity index (χ0) is 7.40. The van der Waals surface area contributed by atoms with Gasteiger partial charge in [-0.1, -0.05) is 0 Å². The fourth-order valence-corrected chi connectivity index (χ4v) is 1.10. The van der Waals surface area contributed by atoms with Crippen molar-refractivity contribution in [2.75, 3.05) is 26.3 Å². The Bertz CT molecular complexity index is 123. The van der Waals surface area contributed by atoms with Crippen molar-refractivity contribution in [2.24, 2.45) is 0 Å². The first-order valence-corrected chi connectivity index (χ1v) is 4.03. The molecule has 3 nitrogen and oxygen atoms in total. The Labute approximate surface area is 69.3 Å². The normalized spacial score (nSPS) is 20.9. The molecule has 58 valence electrons. The summed E-state index contributed by atoms with van der Waals surface area (Å²) in [5.74, 6) is 0. The molecule has 0 bridgehead atoms. The zero-order valence-electron chi connectivity index (χ0n) is 6.09. The summed E-state index contributed by atoms with van der Waals surface area (Å²) in [4.78, 5) is 0. The maximum atomic E-state index is 5.18. The monoisotopic (exact) mass is 180 g/mol. The molecule has 4 heteroatoms. The van der Waals surface area contributed by atoms with Gasteiger partial charge in [0.05, 0.1) is 0 Å². The minimum atomic E-state index is 0.834. The second-order valence-corrected chi connectivity index (χ2v) is 3.22. The van der Waals surface area contributed by atoms with E-state index < -0.39 is 0 Å². The van der Waals surface area contributed by atoms with Gasteiger partial charge < -0.3 is 0 Å². The molecule has 1 N–H and O–H groups in total. The van der Waals surface area contributed by atoms with E-state index in [4.69, 9.17) is 4.74 Å². The molecular weight excluding hydrogens is 168 g/mol. The molecule has 0 radical (unpaired) electrons. The summed E-state index contributed by atoms with van der Waals surface area (Å²) in [5.41, 5.74) is 3.20. The quantitative estimate of drug-likeness (QED) is 0.621. The van der Waals surface area contributed by atoms with Crippen molar-refractivity contribution in [1.82, 2.24) is 10.4 Å². The van der Waals surface area contributed by atoms with E-state index in [1.165, 1.54) is 0 Å². The van der Waals surface area contributed by atoms with Gasteiger partial charge >= 0.3 is 68.8 Å². The van der Waals surface area contributed by atoms with Crippen molar-refractivity contribution in [3.8, 4) is 0 Å². The van der Waals surface area contributed by atoms with Crippen LogP contribution in [-0.2, 0) is 20.6 Å². The van der Waals surface area contributed by atoms with E-state index >= 15 is 0 Å². The number of rotatable bonds is 2. The van der Waals surface area contributed by atoms with Gasteiger partial charge in [-0.2, -0.15) is 0 Å². The van der Waals surface area contributed by atoms with Crippen LogP contribution in [0.15, 0.2) is 0 Å². The molecule has 1 heterocycles. The summed E-state index contributed by atoms with van der Waals surface area (Å²) < 4.78 is 6.29. The molecule has 1 fully saturated rings. The second kappa shape index (κ2) is 4.22. The first-order valence-electron chi connectivity index (χ1n) is 3.39. The van der Waals surface area contributed by atoms with E-state index in [1.54, 1.807) is 0 Å². The molecule has 1 aliphatic heterocycles. The zero-order valence-corrected chi connectivity index (χ0v) is 7.37.